The number of carbonyl (C=O) groups is 3. The van der Waals surface area contributed by atoms with Gasteiger partial charge in [-0.25, -0.2) is 4.90 Å². The van der Waals surface area contributed by atoms with Gasteiger partial charge in [0.1, 0.15) is 12.4 Å². The highest BCUT2D eigenvalue weighted by Gasteiger charge is 2.35. The van der Waals surface area contributed by atoms with E-state index in [2.05, 4.69) is 5.32 Å². The summed E-state index contributed by atoms with van der Waals surface area (Å²) < 4.78 is 5.71. The molecule has 0 aliphatic carbocycles. The fraction of sp³-hybridized carbons (Fsp3) is 0.136. The minimum atomic E-state index is -0.336. The highest BCUT2D eigenvalue weighted by Crippen LogP contribution is 2.30. The van der Waals surface area contributed by atoms with Crippen molar-refractivity contribution in [2.24, 2.45) is 0 Å². The van der Waals surface area contributed by atoms with Crippen molar-refractivity contribution in [1.29, 1.82) is 0 Å². The quantitative estimate of drug-likeness (QED) is 0.661. The van der Waals surface area contributed by atoms with Crippen LogP contribution in [-0.4, -0.2) is 24.3 Å². The average Bonchev–Trinajstić information content (AvgIpc) is 2.95. The van der Waals surface area contributed by atoms with Gasteiger partial charge in [0, 0.05) is 23.7 Å². The Kier molecular flexibility index (Phi) is 4.53. The Morgan fingerprint density at radius 1 is 1.11 bits per heavy atom. The van der Waals surface area contributed by atoms with Gasteiger partial charge in [-0.3, -0.25) is 14.4 Å². The van der Waals surface area contributed by atoms with Crippen LogP contribution in [0.2, 0.25) is 0 Å². The maximum absolute atomic E-state index is 12.8. The van der Waals surface area contributed by atoms with Gasteiger partial charge in [-0.2, -0.15) is 0 Å². The number of benzene rings is 2. The smallest absolute Gasteiger partial charge is 0.261 e. The zero-order chi connectivity index (χ0) is 19.7. The SMILES string of the molecule is CC(=O)Nc1ccc(N2C(=O)CC(=CC3=Cc4ccccc4OC3)C2=O)cc1. The third kappa shape index (κ3) is 3.44. The van der Waals surface area contributed by atoms with Crippen LogP contribution < -0.4 is 15.0 Å². The Bertz CT molecular complexity index is 1030. The van der Waals surface area contributed by atoms with Crippen LogP contribution in [0.15, 0.2) is 65.8 Å². The molecule has 4 rings (SSSR count). The third-order valence-corrected chi connectivity index (χ3v) is 4.53. The zero-order valence-electron chi connectivity index (χ0n) is 15.3. The number of rotatable bonds is 3. The summed E-state index contributed by atoms with van der Waals surface area (Å²) in [7, 11) is 0. The number of fused-ring (bicyclic) bond motifs is 1. The summed E-state index contributed by atoms with van der Waals surface area (Å²) in [5.41, 5.74) is 3.31. The zero-order valence-corrected chi connectivity index (χ0v) is 15.3. The second-order valence-electron chi connectivity index (χ2n) is 6.65. The molecule has 2 heterocycles. The first-order chi connectivity index (χ1) is 13.5. The molecular weight excluding hydrogens is 356 g/mol. The molecule has 28 heavy (non-hydrogen) atoms. The van der Waals surface area contributed by atoms with E-state index in [9.17, 15) is 14.4 Å². The van der Waals surface area contributed by atoms with E-state index >= 15 is 0 Å². The molecule has 0 atom stereocenters. The Balaban J connectivity index is 1.57. The number of nitrogens with one attached hydrogen (secondary N) is 1. The summed E-state index contributed by atoms with van der Waals surface area (Å²) in [5.74, 6) is 0.00787. The van der Waals surface area contributed by atoms with Gasteiger partial charge in [0.25, 0.3) is 5.91 Å². The predicted molar refractivity (Wildman–Crippen MR) is 106 cm³/mol. The van der Waals surface area contributed by atoms with Crippen molar-refractivity contribution in [3.63, 3.8) is 0 Å². The molecule has 0 radical (unpaired) electrons. The van der Waals surface area contributed by atoms with Crippen LogP contribution in [-0.2, 0) is 14.4 Å². The highest BCUT2D eigenvalue weighted by molar-refractivity contribution is 6.28. The number of hydrogen-bond donors (Lipinski definition) is 1. The lowest BCUT2D eigenvalue weighted by Gasteiger charge is -2.16. The molecule has 2 aromatic rings. The molecule has 2 aliphatic rings. The van der Waals surface area contributed by atoms with Crippen molar-refractivity contribution in [3.8, 4) is 5.75 Å². The van der Waals surface area contributed by atoms with Crippen molar-refractivity contribution in [1.82, 2.24) is 0 Å². The van der Waals surface area contributed by atoms with E-state index in [0.717, 1.165) is 16.9 Å². The standard InChI is InChI=1S/C22H18N2O4/c1-14(25)23-18-6-8-19(9-7-18)24-21(26)12-17(22(24)27)11-15-10-16-4-2-3-5-20(16)28-13-15/h2-11H,12-13H2,1H3,(H,23,25). The van der Waals surface area contributed by atoms with Gasteiger partial charge < -0.3 is 10.1 Å². The fourth-order valence-electron chi connectivity index (χ4n) is 3.29. The van der Waals surface area contributed by atoms with E-state index in [1.165, 1.54) is 11.8 Å². The first kappa shape index (κ1) is 17.7. The number of para-hydroxylation sites is 1. The van der Waals surface area contributed by atoms with Crippen LogP contribution in [0.5, 0.6) is 5.75 Å². The Labute approximate surface area is 162 Å². The molecule has 0 aromatic heterocycles. The topological polar surface area (TPSA) is 75.7 Å². The van der Waals surface area contributed by atoms with E-state index in [4.69, 9.17) is 4.74 Å². The number of amides is 3. The van der Waals surface area contributed by atoms with E-state index in [1.807, 2.05) is 30.3 Å². The largest absolute Gasteiger partial charge is 0.488 e. The summed E-state index contributed by atoms with van der Waals surface area (Å²) in [6.45, 7) is 1.77. The molecule has 2 aromatic carbocycles. The highest BCUT2D eigenvalue weighted by atomic mass is 16.5. The van der Waals surface area contributed by atoms with Crippen LogP contribution in [0.1, 0.15) is 18.9 Å². The van der Waals surface area contributed by atoms with Crippen LogP contribution in [0, 0.1) is 0 Å². The molecule has 1 fully saturated rings. The lowest BCUT2D eigenvalue weighted by molar-refractivity contribution is -0.120. The number of carbonyl (C=O) groups excluding carboxylic acids is 3. The summed E-state index contributed by atoms with van der Waals surface area (Å²) in [4.78, 5) is 37.5. The summed E-state index contributed by atoms with van der Waals surface area (Å²) >= 11 is 0. The van der Waals surface area contributed by atoms with Crippen molar-refractivity contribution >= 4 is 35.2 Å². The van der Waals surface area contributed by atoms with Gasteiger partial charge >= 0.3 is 0 Å². The van der Waals surface area contributed by atoms with Gasteiger partial charge in [-0.1, -0.05) is 18.2 Å². The van der Waals surface area contributed by atoms with Gasteiger partial charge in [0.15, 0.2) is 0 Å². The van der Waals surface area contributed by atoms with Crippen molar-refractivity contribution in [2.75, 3.05) is 16.8 Å². The number of ether oxygens (including phenoxy) is 1. The summed E-state index contributed by atoms with van der Waals surface area (Å²) in [5, 5.41) is 2.66. The van der Waals surface area contributed by atoms with Crippen LogP contribution >= 0.6 is 0 Å². The number of imide groups is 1. The molecule has 6 nitrogen and oxygen atoms in total. The Morgan fingerprint density at radius 3 is 2.61 bits per heavy atom. The normalized spacial score (nSPS) is 17.2. The molecule has 140 valence electrons. The first-order valence-corrected chi connectivity index (χ1v) is 8.89. The average molecular weight is 374 g/mol. The maximum Gasteiger partial charge on any atom is 0.261 e. The second-order valence-corrected chi connectivity index (χ2v) is 6.65. The molecule has 6 heteroatoms. The van der Waals surface area contributed by atoms with Crippen LogP contribution in [0.3, 0.4) is 0 Å². The molecule has 3 amide bonds. The van der Waals surface area contributed by atoms with Gasteiger partial charge in [-0.05, 0) is 48.1 Å². The van der Waals surface area contributed by atoms with Crippen LogP contribution in [0.4, 0.5) is 11.4 Å². The van der Waals surface area contributed by atoms with Gasteiger partial charge in [0.2, 0.25) is 11.8 Å². The van der Waals surface area contributed by atoms with E-state index in [0.29, 0.717) is 23.6 Å². The molecular formula is C22H18N2O4. The maximum atomic E-state index is 12.8. The summed E-state index contributed by atoms with van der Waals surface area (Å²) in [6.07, 6.45) is 3.75. The van der Waals surface area contributed by atoms with E-state index in [1.54, 1.807) is 30.3 Å². The first-order valence-electron chi connectivity index (χ1n) is 8.89. The predicted octanol–water partition coefficient (Wildman–Crippen LogP) is 3.31. The number of nitrogens with zero attached hydrogens (tertiary/aromatic N) is 1. The van der Waals surface area contributed by atoms with E-state index < -0.39 is 0 Å². The monoisotopic (exact) mass is 374 g/mol. The molecule has 0 unspecified atom stereocenters. The number of anilines is 2. The van der Waals surface area contributed by atoms with Crippen LogP contribution in [0.25, 0.3) is 6.08 Å². The minimum absolute atomic E-state index is 0.0469. The Hall–Kier alpha value is -3.67. The minimum Gasteiger partial charge on any atom is -0.488 e. The molecule has 1 saturated heterocycles. The van der Waals surface area contributed by atoms with Gasteiger partial charge in [0.05, 0.1) is 12.1 Å². The van der Waals surface area contributed by atoms with Crippen molar-refractivity contribution < 1.29 is 19.1 Å². The molecule has 1 N–H and O–H groups in total. The fourth-order valence-corrected chi connectivity index (χ4v) is 3.29. The number of hydrogen-bond acceptors (Lipinski definition) is 4. The van der Waals surface area contributed by atoms with E-state index in [-0.39, 0.29) is 24.1 Å². The van der Waals surface area contributed by atoms with Crippen molar-refractivity contribution in [3.05, 3.63) is 71.3 Å². The van der Waals surface area contributed by atoms with Gasteiger partial charge in [-0.15, -0.1) is 0 Å². The summed E-state index contributed by atoms with van der Waals surface area (Å²) in [6, 6.07) is 14.3. The molecule has 0 bridgehead atoms. The molecule has 0 saturated carbocycles. The molecule has 2 aliphatic heterocycles. The lowest BCUT2D eigenvalue weighted by atomic mass is 10.0. The van der Waals surface area contributed by atoms with Crippen molar-refractivity contribution in [2.45, 2.75) is 13.3 Å². The third-order valence-electron chi connectivity index (χ3n) is 4.53. The lowest BCUT2D eigenvalue weighted by Crippen LogP contribution is -2.28. The Morgan fingerprint density at radius 2 is 1.86 bits per heavy atom. The molecule has 0 spiro atoms. The second kappa shape index (κ2) is 7.15.